The molecule has 0 bridgehead atoms. The lowest BCUT2D eigenvalue weighted by Crippen LogP contribution is -2.56. The number of aromatic nitrogens is 1. The van der Waals surface area contributed by atoms with Gasteiger partial charge < -0.3 is 20.1 Å². The fraction of sp³-hybridized carbons (Fsp3) is 0.357. The zero-order valence-corrected chi connectivity index (χ0v) is 10.5. The molecule has 2 heterocycles. The average Bonchev–Trinajstić information content (AvgIpc) is 2.79. The molecule has 3 rings (SSSR count). The lowest BCUT2D eigenvalue weighted by Gasteiger charge is -2.38. The zero-order valence-electron chi connectivity index (χ0n) is 10.5. The van der Waals surface area contributed by atoms with E-state index >= 15 is 0 Å². The maximum absolute atomic E-state index is 12.0. The summed E-state index contributed by atoms with van der Waals surface area (Å²) in [4.78, 5) is 15.2. The number of aliphatic hydroxyl groups excluding tert-OH is 1. The minimum Gasteiger partial charge on any atom is -0.395 e. The summed E-state index contributed by atoms with van der Waals surface area (Å²) in [6, 6.07) is 7.95. The van der Waals surface area contributed by atoms with Crippen molar-refractivity contribution >= 4 is 16.8 Å². The summed E-state index contributed by atoms with van der Waals surface area (Å²) in [5, 5.41) is 13.3. The van der Waals surface area contributed by atoms with Gasteiger partial charge in [-0.05, 0) is 11.6 Å². The number of fused-ring (bicyclic) bond motifs is 1. The Morgan fingerprint density at radius 1 is 1.42 bits per heavy atom. The summed E-state index contributed by atoms with van der Waals surface area (Å²) in [5.41, 5.74) is 1.35. The van der Waals surface area contributed by atoms with E-state index in [9.17, 15) is 9.90 Å². The van der Waals surface area contributed by atoms with Crippen molar-refractivity contribution in [2.75, 3.05) is 19.8 Å². The molecule has 5 nitrogen and oxygen atoms in total. The molecule has 1 aromatic carbocycles. The van der Waals surface area contributed by atoms with Crippen molar-refractivity contribution in [2.24, 2.45) is 5.41 Å². The van der Waals surface area contributed by atoms with Crippen LogP contribution >= 0.6 is 0 Å². The van der Waals surface area contributed by atoms with Crippen molar-refractivity contribution < 1.29 is 14.6 Å². The van der Waals surface area contributed by atoms with Crippen LogP contribution in [0.5, 0.6) is 0 Å². The molecule has 0 spiro atoms. The molecule has 1 aliphatic heterocycles. The predicted octanol–water partition coefficient (Wildman–Crippen LogP) is 0.793. The summed E-state index contributed by atoms with van der Waals surface area (Å²) < 4.78 is 5.03. The van der Waals surface area contributed by atoms with Gasteiger partial charge in [0, 0.05) is 23.6 Å². The maximum Gasteiger partial charge on any atom is 0.233 e. The van der Waals surface area contributed by atoms with E-state index in [0.29, 0.717) is 19.8 Å². The van der Waals surface area contributed by atoms with Gasteiger partial charge >= 0.3 is 0 Å². The average molecular weight is 260 g/mol. The van der Waals surface area contributed by atoms with Crippen LogP contribution in [0.25, 0.3) is 10.9 Å². The van der Waals surface area contributed by atoms with Gasteiger partial charge in [-0.2, -0.15) is 0 Å². The topological polar surface area (TPSA) is 74.4 Å². The molecule has 3 N–H and O–H groups in total. The van der Waals surface area contributed by atoms with Gasteiger partial charge in [0.2, 0.25) is 5.91 Å². The molecule has 19 heavy (non-hydrogen) atoms. The van der Waals surface area contributed by atoms with E-state index in [1.165, 1.54) is 0 Å². The maximum atomic E-state index is 12.0. The first-order chi connectivity index (χ1) is 9.25. The smallest absolute Gasteiger partial charge is 0.233 e. The van der Waals surface area contributed by atoms with Gasteiger partial charge in [-0.3, -0.25) is 4.79 Å². The van der Waals surface area contributed by atoms with Crippen molar-refractivity contribution in [1.29, 1.82) is 0 Å². The number of hydrogen-bond donors (Lipinski definition) is 3. The predicted molar refractivity (Wildman–Crippen MR) is 70.5 cm³/mol. The van der Waals surface area contributed by atoms with E-state index in [1.807, 2.05) is 30.5 Å². The number of amides is 1. The first-order valence-electron chi connectivity index (χ1n) is 6.27. The molecular formula is C14H16N2O3. The van der Waals surface area contributed by atoms with Crippen LogP contribution in [0.3, 0.4) is 0 Å². The van der Waals surface area contributed by atoms with Gasteiger partial charge in [0.1, 0.15) is 5.41 Å². The molecule has 5 heteroatoms. The highest BCUT2D eigenvalue weighted by Gasteiger charge is 2.45. The highest BCUT2D eigenvalue weighted by Crippen LogP contribution is 2.27. The minimum atomic E-state index is -0.744. The molecular weight excluding hydrogens is 244 g/mol. The second-order valence-electron chi connectivity index (χ2n) is 4.97. The van der Waals surface area contributed by atoms with Crippen molar-refractivity contribution in [3.8, 4) is 0 Å². The number of carbonyl (C=O) groups is 1. The van der Waals surface area contributed by atoms with Gasteiger partial charge in [-0.1, -0.05) is 18.2 Å². The largest absolute Gasteiger partial charge is 0.395 e. The van der Waals surface area contributed by atoms with E-state index in [2.05, 4.69) is 10.3 Å². The van der Waals surface area contributed by atoms with Crippen LogP contribution in [-0.4, -0.2) is 35.8 Å². The summed E-state index contributed by atoms with van der Waals surface area (Å²) >= 11 is 0. The van der Waals surface area contributed by atoms with Crippen molar-refractivity contribution in [2.45, 2.75) is 6.54 Å². The minimum absolute atomic E-state index is 0.147. The first kappa shape index (κ1) is 12.2. The van der Waals surface area contributed by atoms with Gasteiger partial charge in [0.15, 0.2) is 0 Å². The fourth-order valence-corrected chi connectivity index (χ4v) is 2.28. The van der Waals surface area contributed by atoms with Crippen LogP contribution in [0.1, 0.15) is 5.56 Å². The van der Waals surface area contributed by atoms with Crippen LogP contribution in [0.4, 0.5) is 0 Å². The number of carbonyl (C=O) groups excluding carboxylic acids is 1. The Balaban J connectivity index is 1.71. The monoisotopic (exact) mass is 260 g/mol. The molecule has 0 saturated carbocycles. The number of aromatic amines is 1. The lowest BCUT2D eigenvalue weighted by molar-refractivity contribution is -0.170. The zero-order chi connectivity index (χ0) is 13.3. The van der Waals surface area contributed by atoms with Crippen LogP contribution < -0.4 is 5.32 Å². The van der Waals surface area contributed by atoms with Crippen LogP contribution in [0, 0.1) is 5.41 Å². The van der Waals surface area contributed by atoms with Crippen LogP contribution in [-0.2, 0) is 16.1 Å². The number of H-pyrrole nitrogens is 1. The van der Waals surface area contributed by atoms with Gasteiger partial charge in [-0.25, -0.2) is 0 Å². The Morgan fingerprint density at radius 3 is 2.89 bits per heavy atom. The van der Waals surface area contributed by atoms with E-state index < -0.39 is 5.41 Å². The normalized spacial score (nSPS) is 17.1. The number of hydrogen-bond acceptors (Lipinski definition) is 3. The molecule has 1 aromatic heterocycles. The highest BCUT2D eigenvalue weighted by molar-refractivity contribution is 5.86. The molecule has 2 aromatic rings. The molecule has 0 unspecified atom stereocenters. The van der Waals surface area contributed by atoms with Crippen molar-refractivity contribution in [1.82, 2.24) is 10.3 Å². The Labute approximate surface area is 110 Å². The molecule has 0 aliphatic carbocycles. The summed E-state index contributed by atoms with van der Waals surface area (Å²) in [5.74, 6) is -0.147. The summed E-state index contributed by atoms with van der Waals surface area (Å²) in [6.07, 6.45) is 1.90. The second kappa shape index (κ2) is 4.68. The molecule has 1 saturated heterocycles. The van der Waals surface area contributed by atoms with Gasteiger partial charge in [-0.15, -0.1) is 0 Å². The molecule has 1 aliphatic rings. The summed E-state index contributed by atoms with van der Waals surface area (Å²) in [7, 11) is 0. The third-order valence-corrected chi connectivity index (χ3v) is 3.66. The second-order valence-corrected chi connectivity index (χ2v) is 4.97. The quantitative estimate of drug-likeness (QED) is 0.761. The Kier molecular flexibility index (Phi) is 3.00. The van der Waals surface area contributed by atoms with Gasteiger partial charge in [0.25, 0.3) is 0 Å². The van der Waals surface area contributed by atoms with Crippen LogP contribution in [0.15, 0.2) is 30.5 Å². The Morgan fingerprint density at radius 2 is 2.21 bits per heavy atom. The van der Waals surface area contributed by atoms with E-state index in [0.717, 1.165) is 16.5 Å². The lowest BCUT2D eigenvalue weighted by atomic mass is 9.86. The first-order valence-corrected chi connectivity index (χ1v) is 6.27. The number of rotatable bonds is 4. The molecule has 0 radical (unpaired) electrons. The van der Waals surface area contributed by atoms with Crippen molar-refractivity contribution in [3.63, 3.8) is 0 Å². The van der Waals surface area contributed by atoms with Crippen molar-refractivity contribution in [3.05, 3.63) is 36.0 Å². The highest BCUT2D eigenvalue weighted by atomic mass is 16.5. The standard InChI is InChI=1S/C14H16N2O3/c17-7-14(8-19-9-14)13(18)16-6-10-5-15-12-4-2-1-3-11(10)12/h1-5,15,17H,6-9H2,(H,16,18). The van der Waals surface area contributed by atoms with E-state index in [1.54, 1.807) is 0 Å². The Bertz CT molecular complexity index is 596. The molecule has 0 atom stereocenters. The summed E-state index contributed by atoms with van der Waals surface area (Å²) in [6.45, 7) is 0.865. The molecule has 1 fully saturated rings. The van der Waals surface area contributed by atoms with E-state index in [4.69, 9.17) is 4.74 Å². The number of nitrogens with one attached hydrogen (secondary N) is 2. The number of aliphatic hydroxyl groups is 1. The Hall–Kier alpha value is -1.85. The number of benzene rings is 1. The number of ether oxygens (including phenoxy) is 1. The fourth-order valence-electron chi connectivity index (χ4n) is 2.28. The van der Waals surface area contributed by atoms with Gasteiger partial charge in [0.05, 0.1) is 19.8 Å². The SMILES string of the molecule is O=C(NCc1c[nH]c2ccccc12)C1(CO)COC1. The van der Waals surface area contributed by atoms with Crippen LogP contribution in [0.2, 0.25) is 0 Å². The molecule has 100 valence electrons. The van der Waals surface area contributed by atoms with E-state index in [-0.39, 0.29) is 12.5 Å². The third kappa shape index (κ3) is 2.01. The number of para-hydroxylation sites is 1. The third-order valence-electron chi connectivity index (χ3n) is 3.66. The molecule has 1 amide bonds.